The topological polar surface area (TPSA) is 49.3 Å². The highest BCUT2D eigenvalue weighted by Crippen LogP contribution is 2.53. The molecule has 3 heteroatoms. The van der Waals surface area contributed by atoms with E-state index in [1.165, 1.54) is 32.1 Å². The van der Waals surface area contributed by atoms with Crippen molar-refractivity contribution < 1.29 is 9.90 Å². The lowest BCUT2D eigenvalue weighted by Crippen LogP contribution is -2.55. The van der Waals surface area contributed by atoms with Gasteiger partial charge in [-0.25, -0.2) is 0 Å². The fraction of sp³-hybridized carbons (Fsp3) is 0.917. The summed E-state index contributed by atoms with van der Waals surface area (Å²) in [6.07, 6.45) is 6.86. The molecule has 0 spiro atoms. The number of carboxylic acid groups (broad SMARTS) is 1. The molecule has 0 aromatic rings. The maximum absolute atomic E-state index is 10.6. The molecule has 2 N–H and O–H groups in total. The molecule has 3 nitrogen and oxygen atoms in total. The van der Waals surface area contributed by atoms with E-state index in [1.54, 1.807) is 0 Å². The van der Waals surface area contributed by atoms with Crippen LogP contribution in [0.15, 0.2) is 0 Å². The molecule has 0 radical (unpaired) electrons. The number of carboxylic acids is 1. The average molecular weight is 209 g/mol. The summed E-state index contributed by atoms with van der Waals surface area (Å²) >= 11 is 0. The average Bonchev–Trinajstić information content (AvgIpc) is 2.14. The van der Waals surface area contributed by atoms with E-state index in [2.05, 4.69) is 5.32 Å². The highest BCUT2D eigenvalue weighted by atomic mass is 16.4. The van der Waals surface area contributed by atoms with Gasteiger partial charge < -0.3 is 10.4 Å². The lowest BCUT2D eigenvalue weighted by molar-refractivity contribution is -0.136. The SMILES string of the molecule is O=C(O)CNC1C2CC3CC(C2)CC1C3. The summed E-state index contributed by atoms with van der Waals surface area (Å²) < 4.78 is 0. The first-order valence-corrected chi connectivity index (χ1v) is 6.17. The number of hydrogen-bond acceptors (Lipinski definition) is 2. The van der Waals surface area contributed by atoms with E-state index in [4.69, 9.17) is 5.11 Å². The third-order valence-electron chi connectivity index (χ3n) is 4.72. The number of carbonyl (C=O) groups is 1. The van der Waals surface area contributed by atoms with Gasteiger partial charge in [-0.15, -0.1) is 0 Å². The second kappa shape index (κ2) is 3.48. The minimum atomic E-state index is -0.719. The summed E-state index contributed by atoms with van der Waals surface area (Å²) in [7, 11) is 0. The largest absolute Gasteiger partial charge is 0.480 e. The van der Waals surface area contributed by atoms with E-state index >= 15 is 0 Å². The highest BCUT2D eigenvalue weighted by molar-refractivity contribution is 5.69. The van der Waals surface area contributed by atoms with Gasteiger partial charge in [0.2, 0.25) is 0 Å². The first kappa shape index (κ1) is 9.64. The summed E-state index contributed by atoms with van der Waals surface area (Å²) in [5.74, 6) is 2.77. The minimum absolute atomic E-state index is 0.146. The lowest BCUT2D eigenvalue weighted by Gasteiger charge is -2.54. The van der Waals surface area contributed by atoms with Crippen LogP contribution >= 0.6 is 0 Å². The minimum Gasteiger partial charge on any atom is -0.480 e. The molecule has 0 heterocycles. The summed E-state index contributed by atoms with van der Waals surface area (Å²) in [5, 5.41) is 12.0. The number of rotatable bonds is 3. The normalized spacial score (nSPS) is 47.1. The molecule has 0 aromatic carbocycles. The predicted molar refractivity (Wildman–Crippen MR) is 56.5 cm³/mol. The van der Waals surface area contributed by atoms with Crippen LogP contribution in [-0.4, -0.2) is 23.7 Å². The smallest absolute Gasteiger partial charge is 0.317 e. The monoisotopic (exact) mass is 209 g/mol. The molecular weight excluding hydrogens is 190 g/mol. The van der Waals surface area contributed by atoms with Gasteiger partial charge >= 0.3 is 5.97 Å². The summed E-state index contributed by atoms with van der Waals surface area (Å²) in [6, 6.07) is 0.508. The standard InChI is InChI=1S/C12H19NO2/c14-11(15)6-13-12-9-2-7-1-8(4-9)5-10(12)3-7/h7-10,12-13H,1-6H2,(H,14,15). The van der Waals surface area contributed by atoms with Crippen molar-refractivity contribution in [2.75, 3.05) is 6.54 Å². The predicted octanol–water partition coefficient (Wildman–Crippen LogP) is 1.49. The Morgan fingerprint density at radius 2 is 1.60 bits per heavy atom. The third-order valence-corrected chi connectivity index (χ3v) is 4.72. The highest BCUT2D eigenvalue weighted by Gasteiger charge is 2.47. The Morgan fingerprint density at radius 1 is 1.07 bits per heavy atom. The fourth-order valence-electron chi connectivity index (χ4n) is 4.46. The Bertz CT molecular complexity index is 249. The Morgan fingerprint density at radius 3 is 2.07 bits per heavy atom. The summed E-state index contributed by atoms with van der Waals surface area (Å²) in [6.45, 7) is 0.146. The third kappa shape index (κ3) is 1.67. The number of nitrogens with one attached hydrogen (secondary N) is 1. The molecule has 4 bridgehead atoms. The van der Waals surface area contributed by atoms with Gasteiger partial charge in [-0.3, -0.25) is 4.79 Å². The molecule has 0 unspecified atom stereocenters. The Labute approximate surface area is 90.2 Å². The van der Waals surface area contributed by atoms with Crippen LogP contribution in [0.1, 0.15) is 32.1 Å². The van der Waals surface area contributed by atoms with Crippen LogP contribution in [0.5, 0.6) is 0 Å². The van der Waals surface area contributed by atoms with Crippen molar-refractivity contribution in [1.82, 2.24) is 5.32 Å². The molecule has 0 aliphatic heterocycles. The Hall–Kier alpha value is -0.570. The molecule has 0 atom stereocenters. The van der Waals surface area contributed by atoms with Gasteiger partial charge in [0.25, 0.3) is 0 Å². The van der Waals surface area contributed by atoms with Crippen molar-refractivity contribution in [3.05, 3.63) is 0 Å². The van der Waals surface area contributed by atoms with E-state index in [-0.39, 0.29) is 6.54 Å². The zero-order valence-corrected chi connectivity index (χ0v) is 8.98. The first-order valence-electron chi connectivity index (χ1n) is 6.17. The molecule has 4 rings (SSSR count). The van der Waals surface area contributed by atoms with Crippen LogP contribution in [0, 0.1) is 23.7 Å². The molecule has 4 aliphatic rings. The number of aliphatic carboxylic acids is 1. The van der Waals surface area contributed by atoms with Crippen molar-refractivity contribution in [3.8, 4) is 0 Å². The molecule has 0 saturated heterocycles. The summed E-state index contributed by atoms with van der Waals surface area (Å²) in [4.78, 5) is 10.6. The maximum Gasteiger partial charge on any atom is 0.317 e. The second-order valence-corrected chi connectivity index (χ2v) is 5.73. The van der Waals surface area contributed by atoms with Crippen LogP contribution in [0.3, 0.4) is 0 Å². The van der Waals surface area contributed by atoms with E-state index in [0.717, 1.165) is 23.7 Å². The Kier molecular flexibility index (Phi) is 2.23. The van der Waals surface area contributed by atoms with E-state index < -0.39 is 5.97 Å². The van der Waals surface area contributed by atoms with Gasteiger partial charge in [0.15, 0.2) is 0 Å². The number of hydrogen-bond donors (Lipinski definition) is 2. The molecule has 15 heavy (non-hydrogen) atoms. The van der Waals surface area contributed by atoms with Crippen molar-refractivity contribution in [2.45, 2.75) is 38.1 Å². The molecule has 84 valence electrons. The maximum atomic E-state index is 10.6. The van der Waals surface area contributed by atoms with Gasteiger partial charge in [0.1, 0.15) is 0 Å². The Balaban J connectivity index is 1.67. The van der Waals surface area contributed by atoms with Crippen molar-refractivity contribution >= 4 is 5.97 Å². The molecule has 0 aromatic heterocycles. The van der Waals surface area contributed by atoms with Crippen LogP contribution < -0.4 is 5.32 Å². The molecule has 0 amide bonds. The van der Waals surface area contributed by atoms with Gasteiger partial charge in [0.05, 0.1) is 6.54 Å². The van der Waals surface area contributed by atoms with E-state index in [9.17, 15) is 4.79 Å². The van der Waals surface area contributed by atoms with Crippen LogP contribution in [0.25, 0.3) is 0 Å². The molecule has 4 aliphatic carbocycles. The van der Waals surface area contributed by atoms with Crippen LogP contribution in [-0.2, 0) is 4.79 Å². The van der Waals surface area contributed by atoms with Crippen molar-refractivity contribution in [1.29, 1.82) is 0 Å². The van der Waals surface area contributed by atoms with Gasteiger partial charge in [-0.2, -0.15) is 0 Å². The second-order valence-electron chi connectivity index (χ2n) is 5.73. The zero-order valence-electron chi connectivity index (χ0n) is 8.98. The van der Waals surface area contributed by atoms with Gasteiger partial charge in [0, 0.05) is 6.04 Å². The van der Waals surface area contributed by atoms with Crippen molar-refractivity contribution in [2.24, 2.45) is 23.7 Å². The van der Waals surface area contributed by atoms with Crippen LogP contribution in [0.2, 0.25) is 0 Å². The van der Waals surface area contributed by atoms with E-state index in [0.29, 0.717) is 6.04 Å². The summed E-state index contributed by atoms with van der Waals surface area (Å²) in [5.41, 5.74) is 0. The van der Waals surface area contributed by atoms with E-state index in [1.807, 2.05) is 0 Å². The molecule has 4 fully saturated rings. The van der Waals surface area contributed by atoms with Crippen LogP contribution in [0.4, 0.5) is 0 Å². The van der Waals surface area contributed by atoms with Gasteiger partial charge in [-0.05, 0) is 55.8 Å². The lowest BCUT2D eigenvalue weighted by atomic mass is 9.54. The quantitative estimate of drug-likeness (QED) is 0.740. The fourth-order valence-corrected chi connectivity index (χ4v) is 4.46. The molecule has 4 saturated carbocycles. The zero-order chi connectivity index (χ0) is 10.4. The molecular formula is C12H19NO2. The van der Waals surface area contributed by atoms with Gasteiger partial charge in [-0.1, -0.05) is 0 Å². The van der Waals surface area contributed by atoms with Crippen molar-refractivity contribution in [3.63, 3.8) is 0 Å². The first-order chi connectivity index (χ1) is 7.22.